The zero-order chi connectivity index (χ0) is 16.7. The van der Waals surface area contributed by atoms with E-state index < -0.39 is 0 Å². The van der Waals surface area contributed by atoms with E-state index in [0.29, 0.717) is 6.61 Å². The predicted molar refractivity (Wildman–Crippen MR) is 98.0 cm³/mol. The number of anilines is 2. The Hall–Kier alpha value is -2.27. The van der Waals surface area contributed by atoms with Gasteiger partial charge in [0, 0.05) is 15.8 Å². The average molecular weight is 375 g/mol. The van der Waals surface area contributed by atoms with E-state index in [0.717, 1.165) is 27.2 Å². The molecule has 0 fully saturated rings. The Morgan fingerprint density at radius 2 is 1.91 bits per heavy atom. The Morgan fingerprint density at radius 1 is 1.17 bits per heavy atom. The Morgan fingerprint density at radius 3 is 2.57 bits per heavy atom. The van der Waals surface area contributed by atoms with Crippen LogP contribution in [0.15, 0.2) is 65.2 Å². The van der Waals surface area contributed by atoms with Crippen LogP contribution in [0.2, 0.25) is 0 Å². The van der Waals surface area contributed by atoms with Gasteiger partial charge >= 0.3 is 0 Å². The molecule has 0 atom stereocenters. The SMILES string of the molecule is C=C(C)COc1ccc(NCC(=O)Nc2cccc(Br)c2)cc1. The van der Waals surface area contributed by atoms with Gasteiger partial charge in [0.2, 0.25) is 5.91 Å². The zero-order valence-electron chi connectivity index (χ0n) is 12.9. The van der Waals surface area contributed by atoms with Crippen molar-refractivity contribution in [2.24, 2.45) is 0 Å². The number of benzene rings is 2. The fourth-order valence-electron chi connectivity index (χ4n) is 1.83. The zero-order valence-corrected chi connectivity index (χ0v) is 14.5. The summed E-state index contributed by atoms with van der Waals surface area (Å²) in [6.45, 7) is 6.40. The highest BCUT2D eigenvalue weighted by atomic mass is 79.9. The van der Waals surface area contributed by atoms with Crippen molar-refractivity contribution in [3.63, 3.8) is 0 Å². The topological polar surface area (TPSA) is 50.4 Å². The van der Waals surface area contributed by atoms with Gasteiger partial charge in [0.05, 0.1) is 6.54 Å². The summed E-state index contributed by atoms with van der Waals surface area (Å²) in [7, 11) is 0. The molecule has 2 aromatic carbocycles. The number of carbonyl (C=O) groups excluding carboxylic acids is 1. The molecule has 2 aromatic rings. The number of hydrogen-bond acceptors (Lipinski definition) is 3. The largest absolute Gasteiger partial charge is 0.489 e. The highest BCUT2D eigenvalue weighted by Crippen LogP contribution is 2.17. The first-order chi connectivity index (χ1) is 11.0. The minimum atomic E-state index is -0.106. The highest BCUT2D eigenvalue weighted by Gasteiger charge is 2.03. The van der Waals surface area contributed by atoms with Crippen molar-refractivity contribution in [3.05, 3.63) is 65.2 Å². The molecule has 0 unspecified atom stereocenters. The van der Waals surface area contributed by atoms with Gasteiger partial charge in [-0.2, -0.15) is 0 Å². The van der Waals surface area contributed by atoms with E-state index >= 15 is 0 Å². The number of ether oxygens (including phenoxy) is 1. The van der Waals surface area contributed by atoms with Crippen LogP contribution >= 0.6 is 15.9 Å². The van der Waals surface area contributed by atoms with Crippen molar-refractivity contribution in [2.45, 2.75) is 6.92 Å². The van der Waals surface area contributed by atoms with E-state index in [1.807, 2.05) is 55.5 Å². The van der Waals surface area contributed by atoms with E-state index in [-0.39, 0.29) is 12.5 Å². The van der Waals surface area contributed by atoms with Gasteiger partial charge in [0.25, 0.3) is 0 Å². The van der Waals surface area contributed by atoms with E-state index in [4.69, 9.17) is 4.74 Å². The maximum absolute atomic E-state index is 11.9. The third-order valence-electron chi connectivity index (χ3n) is 2.90. The minimum absolute atomic E-state index is 0.106. The minimum Gasteiger partial charge on any atom is -0.489 e. The van der Waals surface area contributed by atoms with E-state index in [2.05, 4.69) is 33.1 Å². The fourth-order valence-corrected chi connectivity index (χ4v) is 2.23. The lowest BCUT2D eigenvalue weighted by atomic mass is 10.3. The van der Waals surface area contributed by atoms with E-state index in [1.165, 1.54) is 0 Å². The van der Waals surface area contributed by atoms with Crippen molar-refractivity contribution < 1.29 is 9.53 Å². The molecule has 0 heterocycles. The second-order valence-electron chi connectivity index (χ2n) is 5.18. The van der Waals surface area contributed by atoms with E-state index in [9.17, 15) is 4.79 Å². The number of nitrogens with one attached hydrogen (secondary N) is 2. The summed E-state index contributed by atoms with van der Waals surface area (Å²) >= 11 is 3.37. The van der Waals surface area contributed by atoms with Crippen LogP contribution in [-0.4, -0.2) is 19.1 Å². The second-order valence-corrected chi connectivity index (χ2v) is 6.10. The molecule has 0 bridgehead atoms. The van der Waals surface area contributed by atoms with Gasteiger partial charge in [0.15, 0.2) is 0 Å². The molecule has 120 valence electrons. The van der Waals surface area contributed by atoms with Gasteiger partial charge in [-0.05, 0) is 55.0 Å². The lowest BCUT2D eigenvalue weighted by Gasteiger charge is -2.09. The molecule has 0 saturated heterocycles. The number of halogens is 1. The van der Waals surface area contributed by atoms with Crippen molar-refractivity contribution in [1.82, 2.24) is 0 Å². The van der Waals surface area contributed by atoms with Gasteiger partial charge < -0.3 is 15.4 Å². The number of carbonyl (C=O) groups is 1. The number of rotatable bonds is 7. The van der Waals surface area contributed by atoms with Crippen molar-refractivity contribution in [2.75, 3.05) is 23.8 Å². The molecule has 4 nitrogen and oxygen atoms in total. The molecule has 2 N–H and O–H groups in total. The fraction of sp³-hybridized carbons (Fsp3) is 0.167. The van der Waals surface area contributed by atoms with Crippen LogP contribution in [0, 0.1) is 0 Å². The lowest BCUT2D eigenvalue weighted by Crippen LogP contribution is -2.21. The molecular weight excluding hydrogens is 356 g/mol. The maximum Gasteiger partial charge on any atom is 0.243 e. The average Bonchev–Trinajstić information content (AvgIpc) is 2.52. The van der Waals surface area contributed by atoms with Crippen molar-refractivity contribution >= 4 is 33.2 Å². The number of hydrogen-bond donors (Lipinski definition) is 2. The van der Waals surface area contributed by atoms with Crippen LogP contribution in [-0.2, 0) is 4.79 Å². The van der Waals surface area contributed by atoms with Crippen LogP contribution < -0.4 is 15.4 Å². The van der Waals surface area contributed by atoms with Crippen LogP contribution in [0.3, 0.4) is 0 Å². The van der Waals surface area contributed by atoms with Gasteiger partial charge in [-0.15, -0.1) is 0 Å². The van der Waals surface area contributed by atoms with Gasteiger partial charge in [0.1, 0.15) is 12.4 Å². The third kappa shape index (κ3) is 6.16. The smallest absolute Gasteiger partial charge is 0.243 e. The van der Waals surface area contributed by atoms with Crippen molar-refractivity contribution in [3.8, 4) is 5.75 Å². The molecular formula is C18H19BrN2O2. The van der Waals surface area contributed by atoms with Gasteiger partial charge in [-0.1, -0.05) is 28.6 Å². The summed E-state index contributed by atoms with van der Waals surface area (Å²) in [6.07, 6.45) is 0. The van der Waals surface area contributed by atoms with E-state index in [1.54, 1.807) is 0 Å². The summed E-state index contributed by atoms with van der Waals surface area (Å²) in [4.78, 5) is 11.9. The summed E-state index contributed by atoms with van der Waals surface area (Å²) in [5, 5.41) is 5.91. The summed E-state index contributed by atoms with van der Waals surface area (Å²) < 4.78 is 6.45. The molecule has 0 aliphatic heterocycles. The first kappa shape index (κ1) is 17.1. The Labute approximate surface area is 144 Å². The first-order valence-corrected chi connectivity index (χ1v) is 7.99. The molecule has 0 saturated carbocycles. The molecule has 0 aliphatic rings. The third-order valence-corrected chi connectivity index (χ3v) is 3.39. The Kier molecular flexibility index (Phi) is 6.23. The van der Waals surface area contributed by atoms with Crippen LogP contribution in [0.1, 0.15) is 6.92 Å². The molecule has 5 heteroatoms. The van der Waals surface area contributed by atoms with Crippen LogP contribution in [0.5, 0.6) is 5.75 Å². The standard InChI is InChI=1S/C18H19BrN2O2/c1-13(2)12-23-17-8-6-15(7-9-17)20-11-18(22)21-16-5-3-4-14(19)10-16/h3-10,20H,1,11-12H2,2H3,(H,21,22). The molecule has 0 aliphatic carbocycles. The molecule has 0 radical (unpaired) electrons. The summed E-state index contributed by atoms with van der Waals surface area (Å²) in [6, 6.07) is 14.9. The lowest BCUT2D eigenvalue weighted by molar-refractivity contribution is -0.114. The van der Waals surface area contributed by atoms with Gasteiger partial charge in [-0.3, -0.25) is 4.79 Å². The maximum atomic E-state index is 11.9. The predicted octanol–water partition coefficient (Wildman–Crippen LogP) is 4.45. The summed E-state index contributed by atoms with van der Waals surface area (Å²) in [5.74, 6) is 0.669. The first-order valence-electron chi connectivity index (χ1n) is 7.19. The molecule has 2 rings (SSSR count). The van der Waals surface area contributed by atoms with Crippen LogP contribution in [0.4, 0.5) is 11.4 Å². The van der Waals surface area contributed by atoms with Crippen LogP contribution in [0.25, 0.3) is 0 Å². The normalized spacial score (nSPS) is 10.0. The summed E-state index contributed by atoms with van der Waals surface area (Å²) in [5.41, 5.74) is 2.59. The van der Waals surface area contributed by atoms with Crippen molar-refractivity contribution in [1.29, 1.82) is 0 Å². The quantitative estimate of drug-likeness (QED) is 0.703. The highest BCUT2D eigenvalue weighted by molar-refractivity contribution is 9.10. The second kappa shape index (κ2) is 8.39. The van der Waals surface area contributed by atoms with Gasteiger partial charge in [-0.25, -0.2) is 0 Å². The Bertz CT molecular complexity index is 684. The molecule has 0 spiro atoms. The number of amides is 1. The molecule has 1 amide bonds. The molecule has 23 heavy (non-hydrogen) atoms. The monoisotopic (exact) mass is 374 g/mol. The molecule has 0 aromatic heterocycles. The Balaban J connectivity index is 1.81.